The van der Waals surface area contributed by atoms with Gasteiger partial charge in [-0.15, -0.1) is 0 Å². The standard InChI is InChI=1S/C12H13NO5S/c1-18-12(15)6-7-19-8-11(14)9-2-4-10(5-3-9)13(16)17/h2-5H,6-8H2,1H3. The second kappa shape index (κ2) is 7.52. The molecule has 0 atom stereocenters. The Bertz CT molecular complexity index is 472. The maximum atomic E-state index is 11.7. The largest absolute Gasteiger partial charge is 0.469 e. The summed E-state index contributed by atoms with van der Waals surface area (Å²) < 4.78 is 4.48. The van der Waals surface area contributed by atoms with Crippen molar-refractivity contribution in [3.63, 3.8) is 0 Å². The molecule has 6 nitrogen and oxygen atoms in total. The van der Waals surface area contributed by atoms with E-state index in [0.29, 0.717) is 11.3 Å². The van der Waals surface area contributed by atoms with Gasteiger partial charge in [0.25, 0.3) is 5.69 Å². The molecule has 0 saturated heterocycles. The Morgan fingerprint density at radius 1 is 1.32 bits per heavy atom. The SMILES string of the molecule is COC(=O)CCSCC(=O)c1ccc([N+](=O)[O-])cc1. The highest BCUT2D eigenvalue weighted by Gasteiger charge is 2.10. The summed E-state index contributed by atoms with van der Waals surface area (Å²) >= 11 is 1.33. The van der Waals surface area contributed by atoms with Gasteiger partial charge in [0.05, 0.1) is 24.2 Å². The summed E-state index contributed by atoms with van der Waals surface area (Å²) in [7, 11) is 1.31. The fourth-order valence-corrected chi connectivity index (χ4v) is 2.08. The quantitative estimate of drug-likeness (QED) is 0.250. The molecule has 0 N–H and O–H groups in total. The number of hydrogen-bond donors (Lipinski definition) is 0. The van der Waals surface area contributed by atoms with Crippen molar-refractivity contribution < 1.29 is 19.2 Å². The third kappa shape index (κ3) is 5.09. The highest BCUT2D eigenvalue weighted by atomic mass is 32.2. The van der Waals surface area contributed by atoms with E-state index in [1.807, 2.05) is 0 Å². The van der Waals surface area contributed by atoms with Gasteiger partial charge in [0.15, 0.2) is 5.78 Å². The van der Waals surface area contributed by atoms with E-state index in [4.69, 9.17) is 0 Å². The summed E-state index contributed by atoms with van der Waals surface area (Å²) in [6.45, 7) is 0. The summed E-state index contributed by atoms with van der Waals surface area (Å²) in [5.41, 5.74) is 0.381. The van der Waals surface area contributed by atoms with Crippen LogP contribution in [0.4, 0.5) is 5.69 Å². The first kappa shape index (κ1) is 15.2. The Morgan fingerprint density at radius 3 is 2.47 bits per heavy atom. The van der Waals surface area contributed by atoms with Crippen LogP contribution in [0.25, 0.3) is 0 Å². The molecule has 0 aromatic heterocycles. The topological polar surface area (TPSA) is 86.5 Å². The van der Waals surface area contributed by atoms with Crippen molar-refractivity contribution in [3.05, 3.63) is 39.9 Å². The van der Waals surface area contributed by atoms with Gasteiger partial charge in [-0.05, 0) is 12.1 Å². The van der Waals surface area contributed by atoms with Gasteiger partial charge >= 0.3 is 5.97 Å². The molecule has 0 saturated carbocycles. The third-order valence-corrected chi connectivity index (χ3v) is 3.27. The second-order valence-electron chi connectivity index (χ2n) is 3.61. The fourth-order valence-electron chi connectivity index (χ4n) is 1.27. The summed E-state index contributed by atoms with van der Waals surface area (Å²) in [5.74, 6) is 0.306. The molecule has 102 valence electrons. The molecule has 0 heterocycles. The molecule has 0 radical (unpaired) electrons. The third-order valence-electron chi connectivity index (χ3n) is 2.31. The van der Waals surface area contributed by atoms with Gasteiger partial charge in [-0.1, -0.05) is 0 Å². The normalized spacial score (nSPS) is 9.95. The van der Waals surface area contributed by atoms with Crippen molar-refractivity contribution in [2.24, 2.45) is 0 Å². The lowest BCUT2D eigenvalue weighted by Gasteiger charge is -2.01. The Morgan fingerprint density at radius 2 is 1.95 bits per heavy atom. The van der Waals surface area contributed by atoms with Gasteiger partial charge in [-0.25, -0.2) is 0 Å². The van der Waals surface area contributed by atoms with Gasteiger partial charge in [-0.2, -0.15) is 11.8 Å². The van der Waals surface area contributed by atoms with Crippen LogP contribution < -0.4 is 0 Å². The summed E-state index contributed by atoms with van der Waals surface area (Å²) in [6, 6.07) is 5.46. The molecular formula is C12H13NO5S. The number of thioether (sulfide) groups is 1. The first-order chi connectivity index (χ1) is 9.04. The predicted octanol–water partition coefficient (Wildman–Crippen LogP) is 2.07. The molecule has 7 heteroatoms. The van der Waals surface area contributed by atoms with Crippen molar-refractivity contribution in [2.75, 3.05) is 18.6 Å². The van der Waals surface area contributed by atoms with E-state index < -0.39 is 4.92 Å². The van der Waals surface area contributed by atoms with Crippen LogP contribution in [0.2, 0.25) is 0 Å². The van der Waals surface area contributed by atoms with E-state index in [0.717, 1.165) is 0 Å². The summed E-state index contributed by atoms with van der Waals surface area (Å²) in [5, 5.41) is 10.5. The Balaban J connectivity index is 2.41. The van der Waals surface area contributed by atoms with E-state index in [1.165, 1.54) is 43.1 Å². The molecular weight excluding hydrogens is 270 g/mol. The van der Waals surface area contributed by atoms with E-state index in [2.05, 4.69) is 4.74 Å². The van der Waals surface area contributed by atoms with Crippen LogP contribution in [-0.4, -0.2) is 35.3 Å². The number of hydrogen-bond acceptors (Lipinski definition) is 6. The monoisotopic (exact) mass is 283 g/mol. The smallest absolute Gasteiger partial charge is 0.306 e. The highest BCUT2D eigenvalue weighted by molar-refractivity contribution is 8.00. The molecule has 0 amide bonds. The zero-order chi connectivity index (χ0) is 14.3. The molecule has 0 bridgehead atoms. The van der Waals surface area contributed by atoms with Crippen molar-refractivity contribution in [1.29, 1.82) is 0 Å². The van der Waals surface area contributed by atoms with E-state index in [1.54, 1.807) is 0 Å². The van der Waals surface area contributed by atoms with Crippen LogP contribution in [0, 0.1) is 10.1 Å². The van der Waals surface area contributed by atoms with Crippen LogP contribution in [0.5, 0.6) is 0 Å². The van der Waals surface area contributed by atoms with Crippen molar-refractivity contribution in [3.8, 4) is 0 Å². The van der Waals surface area contributed by atoms with Crippen LogP contribution in [-0.2, 0) is 9.53 Å². The number of ketones is 1. The van der Waals surface area contributed by atoms with Gasteiger partial charge in [-0.3, -0.25) is 19.7 Å². The van der Waals surface area contributed by atoms with Crippen molar-refractivity contribution >= 4 is 29.2 Å². The van der Waals surface area contributed by atoms with Gasteiger partial charge in [0.1, 0.15) is 0 Å². The van der Waals surface area contributed by atoms with Gasteiger partial charge in [0.2, 0.25) is 0 Å². The number of nitro groups is 1. The maximum absolute atomic E-state index is 11.7. The number of rotatable bonds is 7. The predicted molar refractivity (Wildman–Crippen MR) is 71.4 cm³/mol. The highest BCUT2D eigenvalue weighted by Crippen LogP contribution is 2.14. The molecule has 1 aromatic carbocycles. The number of nitrogens with zero attached hydrogens (tertiary/aromatic N) is 1. The second-order valence-corrected chi connectivity index (χ2v) is 4.71. The lowest BCUT2D eigenvalue weighted by atomic mass is 10.1. The molecule has 0 spiro atoms. The number of Topliss-reactive ketones (excluding diaryl/α,β-unsaturated/α-hetero) is 1. The fraction of sp³-hybridized carbons (Fsp3) is 0.333. The maximum Gasteiger partial charge on any atom is 0.306 e. The van der Waals surface area contributed by atoms with Crippen molar-refractivity contribution in [1.82, 2.24) is 0 Å². The van der Waals surface area contributed by atoms with E-state index in [9.17, 15) is 19.7 Å². The minimum Gasteiger partial charge on any atom is -0.469 e. The lowest BCUT2D eigenvalue weighted by molar-refractivity contribution is -0.384. The summed E-state index contributed by atoms with van der Waals surface area (Å²) in [4.78, 5) is 32.5. The number of esters is 1. The number of carbonyl (C=O) groups excluding carboxylic acids is 2. The Kier molecular flexibility index (Phi) is 6.01. The first-order valence-corrected chi connectivity index (χ1v) is 6.62. The number of ether oxygens (including phenoxy) is 1. The Labute approximate surface area is 114 Å². The summed E-state index contributed by atoms with van der Waals surface area (Å²) in [6.07, 6.45) is 0.259. The van der Waals surface area contributed by atoms with Crippen LogP contribution in [0.3, 0.4) is 0 Å². The number of benzene rings is 1. The number of methoxy groups -OCH3 is 1. The van der Waals surface area contributed by atoms with Crippen LogP contribution in [0.15, 0.2) is 24.3 Å². The van der Waals surface area contributed by atoms with Gasteiger partial charge < -0.3 is 4.74 Å². The lowest BCUT2D eigenvalue weighted by Crippen LogP contribution is -2.05. The molecule has 1 aromatic rings. The molecule has 0 aliphatic carbocycles. The molecule has 1 rings (SSSR count). The average Bonchev–Trinajstić information content (AvgIpc) is 2.43. The minimum atomic E-state index is -0.515. The number of carbonyl (C=O) groups is 2. The average molecular weight is 283 g/mol. The first-order valence-electron chi connectivity index (χ1n) is 5.47. The van der Waals surface area contributed by atoms with Crippen LogP contribution in [0.1, 0.15) is 16.8 Å². The van der Waals surface area contributed by atoms with Crippen molar-refractivity contribution in [2.45, 2.75) is 6.42 Å². The van der Waals surface area contributed by atoms with Gasteiger partial charge in [0, 0.05) is 23.4 Å². The molecule has 0 aliphatic rings. The number of non-ortho nitro benzene ring substituents is 1. The molecule has 0 fully saturated rings. The molecule has 0 aliphatic heterocycles. The molecule has 19 heavy (non-hydrogen) atoms. The zero-order valence-corrected chi connectivity index (χ0v) is 11.1. The number of nitro benzene ring substituents is 1. The molecule has 0 unspecified atom stereocenters. The van der Waals surface area contributed by atoms with E-state index in [-0.39, 0.29) is 29.6 Å². The van der Waals surface area contributed by atoms with Crippen LogP contribution >= 0.6 is 11.8 Å². The Hall–Kier alpha value is -1.89. The van der Waals surface area contributed by atoms with E-state index >= 15 is 0 Å². The minimum absolute atomic E-state index is 0.0464. The zero-order valence-electron chi connectivity index (χ0n) is 10.3.